The van der Waals surface area contributed by atoms with E-state index in [0.29, 0.717) is 18.4 Å². The maximum Gasteiger partial charge on any atom is 0.161 e. The van der Waals surface area contributed by atoms with Crippen LogP contribution in [0.4, 0.5) is 0 Å². The van der Waals surface area contributed by atoms with Crippen LogP contribution in [0.5, 0.6) is 11.5 Å². The molecule has 2 aromatic rings. The van der Waals surface area contributed by atoms with Crippen molar-refractivity contribution in [1.29, 1.82) is 0 Å². The molecule has 0 radical (unpaired) electrons. The van der Waals surface area contributed by atoms with E-state index in [4.69, 9.17) is 21.1 Å². The molecule has 0 saturated carbocycles. The zero-order chi connectivity index (χ0) is 18.3. The Morgan fingerprint density at radius 3 is 3.04 bits per heavy atom. The van der Waals surface area contributed by atoms with E-state index in [1.54, 1.807) is 17.4 Å². The van der Waals surface area contributed by atoms with Crippen LogP contribution in [0.25, 0.3) is 0 Å². The fourth-order valence-corrected chi connectivity index (χ4v) is 5.76. The van der Waals surface area contributed by atoms with Crippen LogP contribution in [-0.2, 0) is 16.8 Å². The molecule has 4 nitrogen and oxygen atoms in total. The molecule has 4 rings (SSSR count). The summed E-state index contributed by atoms with van der Waals surface area (Å²) in [6.45, 7) is 5.37. The summed E-state index contributed by atoms with van der Waals surface area (Å²) in [6.07, 6.45) is 2.71. The smallest absolute Gasteiger partial charge is 0.161 e. The first-order valence-electron chi connectivity index (χ1n) is 9.15. The van der Waals surface area contributed by atoms with Crippen LogP contribution in [0.15, 0.2) is 24.3 Å². The van der Waals surface area contributed by atoms with Gasteiger partial charge in [-0.05, 0) is 56.0 Å². The highest BCUT2D eigenvalue weighted by atomic mass is 35.5. The number of nitrogens with one attached hydrogen (secondary N) is 1. The quantitative estimate of drug-likeness (QED) is 0.787. The van der Waals surface area contributed by atoms with Gasteiger partial charge in [0.2, 0.25) is 0 Å². The number of phenols is 1. The van der Waals surface area contributed by atoms with E-state index in [0.717, 1.165) is 35.8 Å². The molecule has 1 aromatic carbocycles. The second-order valence-corrected chi connectivity index (χ2v) is 8.87. The SMILES string of the molecule is CCOc1cc(C2CC3(CC(C)N2)OCCc2cc(Cl)sc23)ccc1O. The molecule has 140 valence electrons. The first-order chi connectivity index (χ1) is 12.5. The molecule has 6 heteroatoms. The lowest BCUT2D eigenvalue weighted by Gasteiger charge is -2.46. The summed E-state index contributed by atoms with van der Waals surface area (Å²) in [6, 6.07) is 8.15. The summed E-state index contributed by atoms with van der Waals surface area (Å²) in [7, 11) is 0. The highest BCUT2D eigenvalue weighted by Crippen LogP contribution is 2.50. The molecule has 26 heavy (non-hydrogen) atoms. The van der Waals surface area contributed by atoms with Gasteiger partial charge < -0.3 is 19.9 Å². The van der Waals surface area contributed by atoms with E-state index < -0.39 is 0 Å². The van der Waals surface area contributed by atoms with Crippen molar-refractivity contribution in [2.75, 3.05) is 13.2 Å². The summed E-state index contributed by atoms with van der Waals surface area (Å²) < 4.78 is 12.8. The summed E-state index contributed by atoms with van der Waals surface area (Å²) in [5.74, 6) is 0.707. The van der Waals surface area contributed by atoms with Gasteiger partial charge in [-0.1, -0.05) is 17.7 Å². The Labute approximate surface area is 163 Å². The maximum atomic E-state index is 10.0. The molecule has 1 aromatic heterocycles. The Bertz CT molecular complexity index is 808. The fraction of sp³-hybridized carbons (Fsp3) is 0.500. The van der Waals surface area contributed by atoms with Gasteiger partial charge in [-0.2, -0.15) is 0 Å². The van der Waals surface area contributed by atoms with Gasteiger partial charge in [-0.3, -0.25) is 0 Å². The third-order valence-corrected chi connectivity index (χ3v) is 6.78. The van der Waals surface area contributed by atoms with Gasteiger partial charge in [0.25, 0.3) is 0 Å². The number of halogens is 1. The number of phenolic OH excluding ortho intramolecular Hbond substituents is 1. The molecule has 3 atom stereocenters. The highest BCUT2D eigenvalue weighted by Gasteiger charge is 2.46. The van der Waals surface area contributed by atoms with Crippen LogP contribution >= 0.6 is 22.9 Å². The van der Waals surface area contributed by atoms with Gasteiger partial charge in [0.05, 0.1) is 17.6 Å². The second kappa shape index (κ2) is 7.04. The highest BCUT2D eigenvalue weighted by molar-refractivity contribution is 7.16. The molecule has 1 fully saturated rings. The van der Waals surface area contributed by atoms with E-state index in [1.807, 2.05) is 19.1 Å². The molecule has 2 N–H and O–H groups in total. The molecule has 1 saturated heterocycles. The number of hydrogen-bond acceptors (Lipinski definition) is 5. The average molecular weight is 394 g/mol. The minimum Gasteiger partial charge on any atom is -0.504 e. The van der Waals surface area contributed by atoms with Crippen LogP contribution in [-0.4, -0.2) is 24.4 Å². The van der Waals surface area contributed by atoms with Crippen LogP contribution < -0.4 is 10.1 Å². The van der Waals surface area contributed by atoms with Crippen molar-refractivity contribution in [3.05, 3.63) is 44.6 Å². The predicted molar refractivity (Wildman–Crippen MR) is 105 cm³/mol. The number of benzene rings is 1. The first-order valence-corrected chi connectivity index (χ1v) is 10.3. The molecular weight excluding hydrogens is 370 g/mol. The molecule has 3 unspecified atom stereocenters. The van der Waals surface area contributed by atoms with Crippen molar-refractivity contribution in [3.63, 3.8) is 0 Å². The Morgan fingerprint density at radius 1 is 1.38 bits per heavy atom. The topological polar surface area (TPSA) is 50.7 Å². The van der Waals surface area contributed by atoms with Crippen molar-refractivity contribution >= 4 is 22.9 Å². The lowest BCUT2D eigenvalue weighted by molar-refractivity contribution is -0.0954. The lowest BCUT2D eigenvalue weighted by Crippen LogP contribution is -2.49. The molecule has 0 bridgehead atoms. The third-order valence-electron chi connectivity index (χ3n) is 5.28. The van der Waals surface area contributed by atoms with Crippen LogP contribution in [0.1, 0.15) is 48.7 Å². The summed E-state index contributed by atoms with van der Waals surface area (Å²) >= 11 is 7.98. The summed E-state index contributed by atoms with van der Waals surface area (Å²) in [4.78, 5) is 1.29. The molecule has 0 amide bonds. The number of ether oxygens (including phenoxy) is 2. The lowest BCUT2D eigenvalue weighted by atomic mass is 9.78. The van der Waals surface area contributed by atoms with E-state index in [1.165, 1.54) is 10.4 Å². The maximum absolute atomic E-state index is 10.0. The van der Waals surface area contributed by atoms with Crippen LogP contribution in [0, 0.1) is 0 Å². The number of hydrogen-bond donors (Lipinski definition) is 2. The van der Waals surface area contributed by atoms with Crippen molar-refractivity contribution < 1.29 is 14.6 Å². The Hall–Kier alpha value is -1.27. The predicted octanol–water partition coefficient (Wildman–Crippen LogP) is 4.79. The molecule has 2 aliphatic rings. The number of thiophene rings is 1. The van der Waals surface area contributed by atoms with E-state index >= 15 is 0 Å². The minimum atomic E-state index is -0.287. The van der Waals surface area contributed by atoms with E-state index in [2.05, 4.69) is 18.3 Å². The second-order valence-electron chi connectivity index (χ2n) is 7.19. The number of rotatable bonds is 3. The normalized spacial score (nSPS) is 28.1. The van der Waals surface area contributed by atoms with E-state index in [-0.39, 0.29) is 17.4 Å². The summed E-state index contributed by atoms with van der Waals surface area (Å²) in [5.41, 5.74) is 2.15. The average Bonchev–Trinajstić information content (AvgIpc) is 2.99. The Morgan fingerprint density at radius 2 is 2.23 bits per heavy atom. The molecule has 3 heterocycles. The zero-order valence-corrected chi connectivity index (χ0v) is 16.6. The van der Waals surface area contributed by atoms with Gasteiger partial charge in [0.1, 0.15) is 5.60 Å². The van der Waals surface area contributed by atoms with Crippen molar-refractivity contribution in [2.24, 2.45) is 0 Å². The number of aromatic hydroxyl groups is 1. The molecule has 1 spiro atoms. The Balaban J connectivity index is 1.69. The zero-order valence-electron chi connectivity index (χ0n) is 15.0. The Kier molecular flexibility index (Phi) is 4.90. The minimum absolute atomic E-state index is 0.130. The number of piperidine rings is 1. The van der Waals surface area contributed by atoms with Gasteiger partial charge in [-0.25, -0.2) is 0 Å². The monoisotopic (exact) mass is 393 g/mol. The van der Waals surface area contributed by atoms with Gasteiger partial charge >= 0.3 is 0 Å². The van der Waals surface area contributed by atoms with Crippen molar-refractivity contribution in [3.8, 4) is 11.5 Å². The van der Waals surface area contributed by atoms with Gasteiger partial charge in [0, 0.05) is 23.4 Å². The standard InChI is InChI=1S/C20H24ClNO3S/c1-3-24-17-8-13(4-5-16(17)23)15-11-20(10-12(2)22-15)19-14(6-7-25-20)9-18(21)26-19/h4-5,8-9,12,15,22-23H,3,6-7,10-11H2,1-2H3. The number of fused-ring (bicyclic) bond motifs is 2. The van der Waals surface area contributed by atoms with E-state index in [9.17, 15) is 5.11 Å². The van der Waals surface area contributed by atoms with Crippen LogP contribution in [0.3, 0.4) is 0 Å². The molecule has 0 aliphatic carbocycles. The van der Waals surface area contributed by atoms with Gasteiger partial charge in [0.15, 0.2) is 11.5 Å². The third kappa shape index (κ3) is 3.22. The first kappa shape index (κ1) is 18.1. The molecular formula is C20H24ClNO3S. The summed E-state index contributed by atoms with van der Waals surface area (Å²) in [5, 5.41) is 13.7. The van der Waals surface area contributed by atoms with Crippen molar-refractivity contribution in [1.82, 2.24) is 5.32 Å². The van der Waals surface area contributed by atoms with Gasteiger partial charge in [-0.15, -0.1) is 11.3 Å². The van der Waals surface area contributed by atoms with Crippen molar-refractivity contribution in [2.45, 2.75) is 50.8 Å². The fourth-order valence-electron chi connectivity index (χ4n) is 4.29. The molecule has 2 aliphatic heterocycles. The largest absolute Gasteiger partial charge is 0.504 e. The van der Waals surface area contributed by atoms with Crippen LogP contribution in [0.2, 0.25) is 4.34 Å².